The SMILES string of the molecule is CCc1ccc(CN(C(=O)c2cnc3c(c2)c(C)nn3C)C2CC2)cc1. The van der Waals surface area contributed by atoms with Gasteiger partial charge in [-0.1, -0.05) is 31.2 Å². The van der Waals surface area contributed by atoms with Crippen LogP contribution in [0.2, 0.25) is 0 Å². The van der Waals surface area contributed by atoms with Crippen LogP contribution in [0.1, 0.15) is 46.9 Å². The molecule has 4 rings (SSSR count). The average molecular weight is 348 g/mol. The minimum absolute atomic E-state index is 0.0599. The molecule has 3 aromatic rings. The van der Waals surface area contributed by atoms with E-state index in [4.69, 9.17) is 0 Å². The van der Waals surface area contributed by atoms with Crippen molar-refractivity contribution in [3.8, 4) is 0 Å². The fourth-order valence-corrected chi connectivity index (χ4v) is 3.42. The molecular formula is C21H24N4O. The fourth-order valence-electron chi connectivity index (χ4n) is 3.42. The lowest BCUT2D eigenvalue weighted by Crippen LogP contribution is -2.32. The third-order valence-electron chi connectivity index (χ3n) is 5.14. The number of aryl methyl sites for hydroxylation is 3. The molecule has 0 radical (unpaired) electrons. The summed E-state index contributed by atoms with van der Waals surface area (Å²) in [6.07, 6.45) is 4.88. The molecule has 2 aromatic heterocycles. The predicted octanol–water partition coefficient (Wildman–Crippen LogP) is 3.64. The summed E-state index contributed by atoms with van der Waals surface area (Å²) in [7, 11) is 1.88. The lowest BCUT2D eigenvalue weighted by molar-refractivity contribution is 0.0729. The van der Waals surface area contributed by atoms with Gasteiger partial charge in [-0.2, -0.15) is 5.10 Å². The molecule has 1 amide bonds. The first-order chi connectivity index (χ1) is 12.6. The van der Waals surface area contributed by atoms with Crippen LogP contribution in [0.15, 0.2) is 36.5 Å². The van der Waals surface area contributed by atoms with Gasteiger partial charge >= 0.3 is 0 Å². The maximum absolute atomic E-state index is 13.2. The molecule has 2 heterocycles. The smallest absolute Gasteiger partial charge is 0.255 e. The van der Waals surface area contributed by atoms with Crippen molar-refractivity contribution in [2.45, 2.75) is 45.7 Å². The highest BCUT2D eigenvalue weighted by molar-refractivity contribution is 5.97. The van der Waals surface area contributed by atoms with E-state index in [9.17, 15) is 4.79 Å². The van der Waals surface area contributed by atoms with E-state index >= 15 is 0 Å². The second-order valence-electron chi connectivity index (χ2n) is 7.14. The van der Waals surface area contributed by atoms with Gasteiger partial charge in [-0.3, -0.25) is 9.48 Å². The molecule has 0 saturated heterocycles. The van der Waals surface area contributed by atoms with E-state index < -0.39 is 0 Å². The van der Waals surface area contributed by atoms with Crippen LogP contribution in [0.4, 0.5) is 0 Å². The van der Waals surface area contributed by atoms with Crippen LogP contribution in [0.5, 0.6) is 0 Å². The van der Waals surface area contributed by atoms with Crippen molar-refractivity contribution in [2.75, 3.05) is 0 Å². The Labute approximate surface area is 153 Å². The second kappa shape index (κ2) is 6.56. The molecule has 5 nitrogen and oxygen atoms in total. The lowest BCUT2D eigenvalue weighted by atomic mass is 10.1. The summed E-state index contributed by atoms with van der Waals surface area (Å²) in [4.78, 5) is 19.6. The van der Waals surface area contributed by atoms with Gasteiger partial charge in [-0.15, -0.1) is 0 Å². The zero-order chi connectivity index (χ0) is 18.3. The van der Waals surface area contributed by atoms with Gasteiger partial charge in [0.2, 0.25) is 0 Å². The monoisotopic (exact) mass is 348 g/mol. The first-order valence-corrected chi connectivity index (χ1v) is 9.25. The van der Waals surface area contributed by atoms with Crippen LogP contribution < -0.4 is 0 Å². The number of carbonyl (C=O) groups excluding carboxylic acids is 1. The topological polar surface area (TPSA) is 51.0 Å². The van der Waals surface area contributed by atoms with E-state index in [0.29, 0.717) is 18.2 Å². The maximum atomic E-state index is 13.2. The predicted molar refractivity (Wildman–Crippen MR) is 102 cm³/mol. The number of rotatable bonds is 5. The molecule has 1 aromatic carbocycles. The average Bonchev–Trinajstić information content (AvgIpc) is 3.46. The lowest BCUT2D eigenvalue weighted by Gasteiger charge is -2.23. The zero-order valence-electron chi connectivity index (χ0n) is 15.6. The quantitative estimate of drug-likeness (QED) is 0.707. The molecule has 1 aliphatic rings. The Morgan fingerprint density at radius 3 is 2.58 bits per heavy atom. The van der Waals surface area contributed by atoms with Gasteiger partial charge in [-0.25, -0.2) is 4.98 Å². The van der Waals surface area contributed by atoms with Gasteiger partial charge in [0, 0.05) is 31.2 Å². The van der Waals surface area contributed by atoms with Crippen molar-refractivity contribution in [2.24, 2.45) is 7.05 Å². The molecule has 5 heteroatoms. The first-order valence-electron chi connectivity index (χ1n) is 9.25. The molecule has 0 N–H and O–H groups in total. The minimum atomic E-state index is 0.0599. The van der Waals surface area contributed by atoms with E-state index in [1.54, 1.807) is 10.9 Å². The van der Waals surface area contributed by atoms with Crippen molar-refractivity contribution in [3.05, 3.63) is 58.9 Å². The summed E-state index contributed by atoms with van der Waals surface area (Å²) < 4.78 is 1.76. The summed E-state index contributed by atoms with van der Waals surface area (Å²) in [5.74, 6) is 0.0599. The van der Waals surface area contributed by atoms with E-state index in [1.807, 2.05) is 24.9 Å². The Morgan fingerprint density at radius 1 is 1.23 bits per heavy atom. The molecule has 0 spiro atoms. The van der Waals surface area contributed by atoms with E-state index in [0.717, 1.165) is 36.0 Å². The Balaban J connectivity index is 1.62. The third kappa shape index (κ3) is 3.09. The Hall–Kier alpha value is -2.69. The summed E-state index contributed by atoms with van der Waals surface area (Å²) in [6.45, 7) is 4.75. The van der Waals surface area contributed by atoms with E-state index in [1.165, 1.54) is 11.1 Å². The van der Waals surface area contributed by atoms with Gasteiger partial charge in [0.1, 0.15) is 0 Å². The van der Waals surface area contributed by atoms with Gasteiger partial charge < -0.3 is 4.90 Å². The fraction of sp³-hybridized carbons (Fsp3) is 0.381. The maximum Gasteiger partial charge on any atom is 0.255 e. The minimum Gasteiger partial charge on any atom is -0.331 e. The zero-order valence-corrected chi connectivity index (χ0v) is 15.6. The number of fused-ring (bicyclic) bond motifs is 1. The van der Waals surface area contributed by atoms with Crippen molar-refractivity contribution in [3.63, 3.8) is 0 Å². The summed E-state index contributed by atoms with van der Waals surface area (Å²) in [5, 5.41) is 5.34. The number of pyridine rings is 1. The second-order valence-corrected chi connectivity index (χ2v) is 7.14. The molecule has 0 aliphatic heterocycles. The van der Waals surface area contributed by atoms with Gasteiger partial charge in [-0.05, 0) is 43.4 Å². The van der Waals surface area contributed by atoms with Crippen LogP contribution >= 0.6 is 0 Å². The van der Waals surface area contributed by atoms with Gasteiger partial charge in [0.05, 0.1) is 11.3 Å². The molecule has 1 saturated carbocycles. The number of nitrogens with zero attached hydrogens (tertiary/aromatic N) is 4. The number of aromatic nitrogens is 3. The number of hydrogen-bond acceptors (Lipinski definition) is 3. The Morgan fingerprint density at radius 2 is 1.92 bits per heavy atom. The molecule has 134 valence electrons. The van der Waals surface area contributed by atoms with Crippen LogP contribution in [0.25, 0.3) is 11.0 Å². The highest BCUT2D eigenvalue weighted by atomic mass is 16.2. The van der Waals surface area contributed by atoms with Gasteiger partial charge in [0.25, 0.3) is 5.91 Å². The first kappa shape index (κ1) is 16.8. The highest BCUT2D eigenvalue weighted by Crippen LogP contribution is 2.30. The van der Waals surface area contributed by atoms with Crippen molar-refractivity contribution < 1.29 is 4.79 Å². The molecule has 0 atom stereocenters. The molecule has 1 fully saturated rings. The Bertz CT molecular complexity index is 954. The Kier molecular flexibility index (Phi) is 4.23. The number of amides is 1. The highest BCUT2D eigenvalue weighted by Gasteiger charge is 2.33. The molecule has 1 aliphatic carbocycles. The largest absolute Gasteiger partial charge is 0.331 e. The van der Waals surface area contributed by atoms with Crippen LogP contribution in [-0.4, -0.2) is 31.6 Å². The molecular weight excluding hydrogens is 324 g/mol. The normalized spacial score (nSPS) is 14.0. The van der Waals surface area contributed by atoms with Crippen molar-refractivity contribution in [1.82, 2.24) is 19.7 Å². The summed E-state index contributed by atoms with van der Waals surface area (Å²) in [5.41, 5.74) is 4.85. The molecule has 26 heavy (non-hydrogen) atoms. The van der Waals surface area contributed by atoms with E-state index in [-0.39, 0.29) is 5.91 Å². The standard InChI is InChI=1S/C21H24N4O/c1-4-15-5-7-16(8-6-15)13-25(18-9-10-18)21(26)17-11-19-14(2)23-24(3)20(19)22-12-17/h5-8,11-12,18H,4,9-10,13H2,1-3H3. The van der Waals surface area contributed by atoms with Gasteiger partial charge in [0.15, 0.2) is 5.65 Å². The van der Waals surface area contributed by atoms with Crippen LogP contribution in [0, 0.1) is 6.92 Å². The van der Waals surface area contributed by atoms with Crippen LogP contribution in [0.3, 0.4) is 0 Å². The van der Waals surface area contributed by atoms with Crippen LogP contribution in [-0.2, 0) is 20.0 Å². The van der Waals surface area contributed by atoms with Crippen molar-refractivity contribution >= 4 is 16.9 Å². The molecule has 0 unspecified atom stereocenters. The summed E-state index contributed by atoms with van der Waals surface area (Å²) >= 11 is 0. The summed E-state index contributed by atoms with van der Waals surface area (Å²) in [6, 6.07) is 10.8. The number of carbonyl (C=O) groups is 1. The number of hydrogen-bond donors (Lipinski definition) is 0. The van der Waals surface area contributed by atoms with E-state index in [2.05, 4.69) is 41.3 Å². The third-order valence-corrected chi connectivity index (χ3v) is 5.14. The molecule has 0 bridgehead atoms. The number of benzene rings is 1. The van der Waals surface area contributed by atoms with Crippen molar-refractivity contribution in [1.29, 1.82) is 0 Å².